The van der Waals surface area contributed by atoms with Gasteiger partial charge in [0.15, 0.2) is 0 Å². The van der Waals surface area contributed by atoms with E-state index in [0.29, 0.717) is 5.56 Å². The number of carbonyl (C=O) groups excluding carboxylic acids is 1. The fourth-order valence-corrected chi connectivity index (χ4v) is 6.22. The first kappa shape index (κ1) is 17.6. The summed E-state index contributed by atoms with van der Waals surface area (Å²) in [7, 11) is 0. The second-order valence-electron chi connectivity index (χ2n) is 7.23. The summed E-state index contributed by atoms with van der Waals surface area (Å²) in [6, 6.07) is 16.0. The number of aryl methyl sites for hydroxylation is 2. The number of hydrogen-bond donors (Lipinski definition) is 1. The predicted octanol–water partition coefficient (Wildman–Crippen LogP) is 6.46. The number of thiazole rings is 1. The molecule has 0 bridgehead atoms. The quantitative estimate of drug-likeness (QED) is 0.425. The Balaban J connectivity index is 1.59. The van der Waals surface area contributed by atoms with Crippen molar-refractivity contribution < 1.29 is 4.79 Å². The summed E-state index contributed by atoms with van der Waals surface area (Å²) in [5.41, 5.74) is 5.33. The fourth-order valence-electron chi connectivity index (χ4n) is 3.82. The van der Waals surface area contributed by atoms with E-state index < -0.39 is 0 Å². The molecule has 3 nitrogen and oxygen atoms in total. The minimum absolute atomic E-state index is 0.0512. The number of amides is 1. The summed E-state index contributed by atoms with van der Waals surface area (Å²) in [4.78, 5) is 19.2. The SMILES string of the molecule is Cc1cccc(C(=O)Nc2sc3c(c2-c2nc4ccccc4s2)CCCC3)c1. The van der Waals surface area contributed by atoms with Crippen LogP contribution in [0.3, 0.4) is 0 Å². The van der Waals surface area contributed by atoms with Crippen molar-refractivity contribution in [3.8, 4) is 10.6 Å². The molecule has 0 aliphatic heterocycles. The van der Waals surface area contributed by atoms with Crippen molar-refractivity contribution in [1.29, 1.82) is 0 Å². The number of anilines is 1. The van der Waals surface area contributed by atoms with Gasteiger partial charge in [-0.3, -0.25) is 4.79 Å². The highest BCUT2D eigenvalue weighted by Crippen LogP contribution is 2.46. The minimum Gasteiger partial charge on any atom is -0.313 e. The van der Waals surface area contributed by atoms with Crippen LogP contribution < -0.4 is 5.32 Å². The lowest BCUT2D eigenvalue weighted by Crippen LogP contribution is -2.11. The Morgan fingerprint density at radius 1 is 1.04 bits per heavy atom. The van der Waals surface area contributed by atoms with Crippen LogP contribution in [0.5, 0.6) is 0 Å². The Bertz CT molecular complexity index is 1160. The van der Waals surface area contributed by atoms with E-state index in [2.05, 4.69) is 17.4 Å². The summed E-state index contributed by atoms with van der Waals surface area (Å²) < 4.78 is 1.18. The van der Waals surface area contributed by atoms with E-state index in [1.165, 1.54) is 28.0 Å². The smallest absolute Gasteiger partial charge is 0.256 e. The summed E-state index contributed by atoms with van der Waals surface area (Å²) in [5, 5.41) is 5.16. The number of thiophene rings is 1. The lowest BCUT2D eigenvalue weighted by molar-refractivity contribution is 0.102. The van der Waals surface area contributed by atoms with Crippen molar-refractivity contribution in [2.45, 2.75) is 32.6 Å². The van der Waals surface area contributed by atoms with Gasteiger partial charge in [-0.2, -0.15) is 0 Å². The summed E-state index contributed by atoms with van der Waals surface area (Å²) in [5.74, 6) is -0.0512. The molecule has 0 unspecified atom stereocenters. The van der Waals surface area contributed by atoms with Crippen molar-refractivity contribution >= 4 is 43.8 Å². The fraction of sp³-hybridized carbons (Fsp3) is 0.217. The van der Waals surface area contributed by atoms with Crippen LogP contribution in [-0.4, -0.2) is 10.9 Å². The molecule has 0 spiro atoms. The highest BCUT2D eigenvalue weighted by molar-refractivity contribution is 7.23. The van der Waals surface area contributed by atoms with Gasteiger partial charge in [0.1, 0.15) is 10.0 Å². The molecule has 1 aliphatic rings. The molecule has 1 amide bonds. The van der Waals surface area contributed by atoms with Crippen LogP contribution in [0, 0.1) is 6.92 Å². The molecule has 140 valence electrons. The van der Waals surface area contributed by atoms with Crippen molar-refractivity contribution in [2.24, 2.45) is 0 Å². The van der Waals surface area contributed by atoms with E-state index in [1.807, 2.05) is 43.3 Å². The van der Waals surface area contributed by atoms with Crippen LogP contribution in [0.4, 0.5) is 5.00 Å². The van der Waals surface area contributed by atoms with E-state index in [-0.39, 0.29) is 5.91 Å². The normalized spacial score (nSPS) is 13.5. The van der Waals surface area contributed by atoms with E-state index in [4.69, 9.17) is 4.98 Å². The summed E-state index contributed by atoms with van der Waals surface area (Å²) in [6.45, 7) is 2.01. The third-order valence-corrected chi connectivity index (χ3v) is 7.45. The first-order valence-electron chi connectivity index (χ1n) is 9.57. The largest absolute Gasteiger partial charge is 0.313 e. The number of fused-ring (bicyclic) bond motifs is 2. The van der Waals surface area contributed by atoms with Gasteiger partial charge >= 0.3 is 0 Å². The molecule has 2 aromatic carbocycles. The molecule has 0 radical (unpaired) electrons. The van der Waals surface area contributed by atoms with Crippen LogP contribution in [0.2, 0.25) is 0 Å². The number of nitrogens with one attached hydrogen (secondary N) is 1. The van der Waals surface area contributed by atoms with E-state index in [9.17, 15) is 4.79 Å². The number of rotatable bonds is 3. The van der Waals surface area contributed by atoms with Gasteiger partial charge in [0, 0.05) is 16.0 Å². The molecule has 0 saturated carbocycles. The maximum absolute atomic E-state index is 12.9. The average Bonchev–Trinajstić information content (AvgIpc) is 3.28. The molecule has 4 aromatic rings. The molecule has 0 fully saturated rings. The maximum Gasteiger partial charge on any atom is 0.256 e. The molecule has 1 N–H and O–H groups in total. The lowest BCUT2D eigenvalue weighted by Gasteiger charge is -2.11. The van der Waals surface area contributed by atoms with Crippen LogP contribution in [0.15, 0.2) is 48.5 Å². The molecule has 0 atom stereocenters. The average molecular weight is 405 g/mol. The molecule has 28 heavy (non-hydrogen) atoms. The van der Waals surface area contributed by atoms with Gasteiger partial charge in [0.05, 0.1) is 10.2 Å². The van der Waals surface area contributed by atoms with Gasteiger partial charge < -0.3 is 5.32 Å². The van der Waals surface area contributed by atoms with Crippen molar-refractivity contribution in [3.05, 3.63) is 70.1 Å². The third kappa shape index (κ3) is 3.15. The van der Waals surface area contributed by atoms with Gasteiger partial charge in [0.25, 0.3) is 5.91 Å². The Labute approximate surface area is 172 Å². The predicted molar refractivity (Wildman–Crippen MR) is 119 cm³/mol. The zero-order valence-corrected chi connectivity index (χ0v) is 17.3. The van der Waals surface area contributed by atoms with Gasteiger partial charge in [-0.15, -0.1) is 22.7 Å². The Morgan fingerprint density at radius 3 is 2.75 bits per heavy atom. The second-order valence-corrected chi connectivity index (χ2v) is 9.36. The number of nitrogens with zero attached hydrogens (tertiary/aromatic N) is 1. The Hall–Kier alpha value is -2.50. The third-order valence-electron chi connectivity index (χ3n) is 5.19. The lowest BCUT2D eigenvalue weighted by atomic mass is 9.95. The number of aromatic nitrogens is 1. The van der Waals surface area contributed by atoms with E-state index >= 15 is 0 Å². The molecule has 5 heteroatoms. The van der Waals surface area contributed by atoms with Gasteiger partial charge in [-0.1, -0.05) is 29.8 Å². The molecular formula is C23H20N2OS2. The summed E-state index contributed by atoms with van der Waals surface area (Å²) >= 11 is 3.44. The molecule has 1 aliphatic carbocycles. The minimum atomic E-state index is -0.0512. The van der Waals surface area contributed by atoms with Crippen LogP contribution in [-0.2, 0) is 12.8 Å². The highest BCUT2D eigenvalue weighted by Gasteiger charge is 2.25. The molecular weight excluding hydrogens is 384 g/mol. The zero-order chi connectivity index (χ0) is 19.1. The van der Waals surface area contributed by atoms with Crippen LogP contribution in [0.25, 0.3) is 20.8 Å². The first-order valence-corrected chi connectivity index (χ1v) is 11.2. The molecule has 2 heterocycles. The van der Waals surface area contributed by atoms with E-state index in [1.54, 1.807) is 22.7 Å². The highest BCUT2D eigenvalue weighted by atomic mass is 32.1. The van der Waals surface area contributed by atoms with E-state index in [0.717, 1.165) is 39.5 Å². The number of para-hydroxylation sites is 1. The number of carbonyl (C=O) groups is 1. The van der Waals surface area contributed by atoms with Gasteiger partial charge in [-0.25, -0.2) is 4.98 Å². The summed E-state index contributed by atoms with van der Waals surface area (Å²) in [6.07, 6.45) is 4.58. The van der Waals surface area contributed by atoms with Crippen LogP contribution in [0.1, 0.15) is 39.2 Å². The molecule has 0 saturated heterocycles. The second kappa shape index (κ2) is 7.15. The number of benzene rings is 2. The van der Waals surface area contributed by atoms with Gasteiger partial charge in [0.2, 0.25) is 0 Å². The van der Waals surface area contributed by atoms with Gasteiger partial charge in [-0.05, 0) is 62.4 Å². The maximum atomic E-state index is 12.9. The topological polar surface area (TPSA) is 42.0 Å². The van der Waals surface area contributed by atoms with Crippen LogP contribution >= 0.6 is 22.7 Å². The monoisotopic (exact) mass is 404 g/mol. The first-order chi connectivity index (χ1) is 13.7. The van der Waals surface area contributed by atoms with Crippen molar-refractivity contribution in [3.63, 3.8) is 0 Å². The van der Waals surface area contributed by atoms with Crippen molar-refractivity contribution in [1.82, 2.24) is 4.98 Å². The Morgan fingerprint density at radius 2 is 1.89 bits per heavy atom. The standard InChI is InChI=1S/C23H20N2OS2/c1-14-7-6-8-15(13-14)21(26)25-23-20(16-9-2-4-11-18(16)27-23)22-24-17-10-3-5-12-19(17)28-22/h3,5-8,10,12-13H,2,4,9,11H2,1H3,(H,25,26). The number of hydrogen-bond acceptors (Lipinski definition) is 4. The molecule has 5 rings (SSSR count). The molecule has 2 aromatic heterocycles. The zero-order valence-electron chi connectivity index (χ0n) is 15.6. The van der Waals surface area contributed by atoms with Crippen molar-refractivity contribution in [2.75, 3.05) is 5.32 Å². The Kier molecular flexibility index (Phi) is 4.49.